The topological polar surface area (TPSA) is 76.8 Å². The summed E-state index contributed by atoms with van der Waals surface area (Å²) < 4.78 is 15.8. The lowest BCUT2D eigenvalue weighted by molar-refractivity contribution is 0.0707. The Bertz CT molecular complexity index is 1050. The number of carbonyl (C=O) groups excluding carboxylic acids is 1. The predicted molar refractivity (Wildman–Crippen MR) is 96.9 cm³/mol. The minimum absolute atomic E-state index is 0.0637. The Balaban J connectivity index is 1.61. The van der Waals surface area contributed by atoms with Gasteiger partial charge in [0.25, 0.3) is 5.91 Å². The smallest absolute Gasteiger partial charge is 0.255 e. The SMILES string of the molecule is Cc1ccnc(-c2nnc3n2CCN(C(=O)c2ccc(Cl)c(F)c2Cl)C3)n1. The van der Waals surface area contributed by atoms with Crippen LogP contribution in [0.2, 0.25) is 10.0 Å². The molecule has 0 unspecified atom stereocenters. The van der Waals surface area contributed by atoms with Gasteiger partial charge in [0, 0.05) is 25.0 Å². The predicted octanol–water partition coefficient (Wildman–Crippen LogP) is 3.15. The van der Waals surface area contributed by atoms with Gasteiger partial charge in [-0.3, -0.25) is 4.79 Å². The summed E-state index contributed by atoms with van der Waals surface area (Å²) in [5.41, 5.74) is 0.887. The summed E-state index contributed by atoms with van der Waals surface area (Å²) in [6, 6.07) is 4.53. The van der Waals surface area contributed by atoms with Gasteiger partial charge in [0.05, 0.1) is 22.2 Å². The minimum Gasteiger partial charge on any atom is -0.329 e. The van der Waals surface area contributed by atoms with Crippen molar-refractivity contribution in [3.63, 3.8) is 0 Å². The number of fused-ring (bicyclic) bond motifs is 1. The Morgan fingerprint density at radius 3 is 2.78 bits per heavy atom. The van der Waals surface area contributed by atoms with Gasteiger partial charge >= 0.3 is 0 Å². The van der Waals surface area contributed by atoms with E-state index in [0.29, 0.717) is 30.6 Å². The number of aryl methyl sites for hydroxylation is 1. The van der Waals surface area contributed by atoms with E-state index >= 15 is 0 Å². The minimum atomic E-state index is -0.803. The molecule has 0 atom stereocenters. The van der Waals surface area contributed by atoms with E-state index in [0.717, 1.165) is 5.69 Å². The Morgan fingerprint density at radius 2 is 2.00 bits per heavy atom. The highest BCUT2D eigenvalue weighted by atomic mass is 35.5. The van der Waals surface area contributed by atoms with Crippen LogP contribution < -0.4 is 0 Å². The summed E-state index contributed by atoms with van der Waals surface area (Å²) in [7, 11) is 0. The fourth-order valence-electron chi connectivity index (χ4n) is 2.91. The molecule has 4 rings (SSSR count). The van der Waals surface area contributed by atoms with Crippen molar-refractivity contribution in [3.05, 3.63) is 57.3 Å². The standard InChI is InChI=1S/C17H13Cl2FN6O/c1-9-4-5-21-15(22-9)16-24-23-12-8-25(6-7-26(12)16)17(27)10-2-3-11(18)14(20)13(10)19/h2-5H,6-8H2,1H3. The number of nitrogens with zero attached hydrogens (tertiary/aromatic N) is 6. The first kappa shape index (κ1) is 17.8. The zero-order chi connectivity index (χ0) is 19.1. The second kappa shape index (κ2) is 6.86. The van der Waals surface area contributed by atoms with Crippen LogP contribution in [-0.4, -0.2) is 42.1 Å². The van der Waals surface area contributed by atoms with Crippen LogP contribution in [-0.2, 0) is 13.1 Å². The van der Waals surface area contributed by atoms with Crippen LogP contribution in [0.15, 0.2) is 24.4 Å². The molecular weight excluding hydrogens is 394 g/mol. The maximum atomic E-state index is 13.9. The Labute approximate surface area is 163 Å². The van der Waals surface area contributed by atoms with Crippen LogP contribution in [0.1, 0.15) is 21.9 Å². The number of benzene rings is 1. The highest BCUT2D eigenvalue weighted by molar-refractivity contribution is 6.37. The first-order chi connectivity index (χ1) is 13.0. The zero-order valence-electron chi connectivity index (χ0n) is 14.2. The molecule has 0 saturated heterocycles. The zero-order valence-corrected chi connectivity index (χ0v) is 15.7. The maximum Gasteiger partial charge on any atom is 0.255 e. The van der Waals surface area contributed by atoms with E-state index in [-0.39, 0.29) is 22.2 Å². The Morgan fingerprint density at radius 1 is 1.19 bits per heavy atom. The summed E-state index contributed by atoms with van der Waals surface area (Å²) in [4.78, 5) is 22.9. The third kappa shape index (κ3) is 3.15. The highest BCUT2D eigenvalue weighted by Gasteiger charge is 2.28. The molecule has 3 heterocycles. The molecule has 3 aromatic rings. The van der Waals surface area contributed by atoms with Crippen molar-refractivity contribution in [3.8, 4) is 11.6 Å². The fourth-order valence-corrected chi connectivity index (χ4v) is 3.37. The first-order valence-corrected chi connectivity index (χ1v) is 8.86. The Hall–Kier alpha value is -2.58. The van der Waals surface area contributed by atoms with Gasteiger partial charge < -0.3 is 9.47 Å². The second-order valence-corrected chi connectivity index (χ2v) is 6.85. The van der Waals surface area contributed by atoms with E-state index in [1.807, 2.05) is 11.5 Å². The monoisotopic (exact) mass is 406 g/mol. The van der Waals surface area contributed by atoms with Crippen LogP contribution in [0.4, 0.5) is 4.39 Å². The largest absolute Gasteiger partial charge is 0.329 e. The molecule has 0 N–H and O–H groups in total. The van der Waals surface area contributed by atoms with Crippen LogP contribution >= 0.6 is 23.2 Å². The maximum absolute atomic E-state index is 13.9. The van der Waals surface area contributed by atoms with Crippen molar-refractivity contribution < 1.29 is 9.18 Å². The van der Waals surface area contributed by atoms with Crippen molar-refractivity contribution in [2.24, 2.45) is 0 Å². The molecule has 1 aromatic carbocycles. The highest BCUT2D eigenvalue weighted by Crippen LogP contribution is 2.28. The molecule has 0 saturated carbocycles. The third-order valence-electron chi connectivity index (χ3n) is 4.30. The van der Waals surface area contributed by atoms with E-state index in [1.54, 1.807) is 17.2 Å². The number of rotatable bonds is 2. The molecule has 1 amide bonds. The van der Waals surface area contributed by atoms with E-state index in [4.69, 9.17) is 23.2 Å². The van der Waals surface area contributed by atoms with Crippen LogP contribution in [0, 0.1) is 12.7 Å². The molecule has 1 aliphatic rings. The number of hydrogen-bond donors (Lipinski definition) is 0. The van der Waals surface area contributed by atoms with Gasteiger partial charge in [-0.2, -0.15) is 0 Å². The number of amides is 1. The molecule has 10 heteroatoms. The van der Waals surface area contributed by atoms with Gasteiger partial charge in [0.1, 0.15) is 0 Å². The lowest BCUT2D eigenvalue weighted by atomic mass is 10.1. The lowest BCUT2D eigenvalue weighted by Gasteiger charge is -2.28. The summed E-state index contributed by atoms with van der Waals surface area (Å²) >= 11 is 11.7. The molecule has 2 aromatic heterocycles. The molecule has 0 spiro atoms. The van der Waals surface area contributed by atoms with Crippen LogP contribution in [0.3, 0.4) is 0 Å². The quantitative estimate of drug-likeness (QED) is 0.610. The normalized spacial score (nSPS) is 13.6. The van der Waals surface area contributed by atoms with Gasteiger partial charge in [0.15, 0.2) is 17.5 Å². The first-order valence-electron chi connectivity index (χ1n) is 8.10. The molecular formula is C17H13Cl2FN6O. The molecule has 1 aliphatic heterocycles. The molecule has 0 fully saturated rings. The van der Waals surface area contributed by atoms with Crippen molar-refractivity contribution in [2.75, 3.05) is 6.54 Å². The molecule has 7 nitrogen and oxygen atoms in total. The second-order valence-electron chi connectivity index (χ2n) is 6.06. The summed E-state index contributed by atoms with van der Waals surface area (Å²) in [5.74, 6) is 0.439. The molecule has 0 aliphatic carbocycles. The summed E-state index contributed by atoms with van der Waals surface area (Å²) in [6.45, 7) is 2.95. The lowest BCUT2D eigenvalue weighted by Crippen LogP contribution is -2.38. The van der Waals surface area contributed by atoms with E-state index in [2.05, 4.69) is 20.2 Å². The molecule has 138 valence electrons. The number of halogens is 3. The third-order valence-corrected chi connectivity index (χ3v) is 4.96. The van der Waals surface area contributed by atoms with Crippen LogP contribution in [0.5, 0.6) is 0 Å². The molecule has 0 radical (unpaired) electrons. The van der Waals surface area contributed by atoms with Gasteiger partial charge in [-0.15, -0.1) is 10.2 Å². The van der Waals surface area contributed by atoms with E-state index in [9.17, 15) is 9.18 Å². The molecule has 0 bridgehead atoms. The van der Waals surface area contributed by atoms with E-state index < -0.39 is 11.7 Å². The average molecular weight is 407 g/mol. The average Bonchev–Trinajstić information content (AvgIpc) is 3.09. The van der Waals surface area contributed by atoms with Crippen molar-refractivity contribution in [1.29, 1.82) is 0 Å². The van der Waals surface area contributed by atoms with Gasteiger partial charge in [0.2, 0.25) is 5.82 Å². The fraction of sp³-hybridized carbons (Fsp3) is 0.235. The van der Waals surface area contributed by atoms with Gasteiger partial charge in [-0.1, -0.05) is 23.2 Å². The van der Waals surface area contributed by atoms with Crippen molar-refractivity contribution in [1.82, 2.24) is 29.6 Å². The number of carbonyl (C=O) groups is 1. The Kier molecular flexibility index (Phi) is 4.53. The van der Waals surface area contributed by atoms with Crippen LogP contribution in [0.25, 0.3) is 11.6 Å². The summed E-state index contributed by atoms with van der Waals surface area (Å²) in [6.07, 6.45) is 1.66. The van der Waals surface area contributed by atoms with Gasteiger partial charge in [-0.05, 0) is 25.1 Å². The molecule has 27 heavy (non-hydrogen) atoms. The van der Waals surface area contributed by atoms with E-state index in [1.165, 1.54) is 12.1 Å². The van der Waals surface area contributed by atoms with Crippen molar-refractivity contribution >= 4 is 29.1 Å². The number of hydrogen-bond acceptors (Lipinski definition) is 5. The number of aromatic nitrogens is 5. The van der Waals surface area contributed by atoms with Gasteiger partial charge in [-0.25, -0.2) is 14.4 Å². The van der Waals surface area contributed by atoms with Crippen molar-refractivity contribution in [2.45, 2.75) is 20.0 Å². The summed E-state index contributed by atoms with van der Waals surface area (Å²) in [5, 5.41) is 7.91.